The van der Waals surface area contributed by atoms with Gasteiger partial charge in [0.15, 0.2) is 0 Å². The number of aromatic nitrogens is 1. The summed E-state index contributed by atoms with van der Waals surface area (Å²) in [5.41, 5.74) is 0.801. The first-order valence-electron chi connectivity index (χ1n) is 12.9. The largest absolute Gasteiger partial charge is 0.478 e. The fourth-order valence-electron chi connectivity index (χ4n) is 4.74. The van der Waals surface area contributed by atoms with Gasteiger partial charge in [0.2, 0.25) is 5.78 Å². The van der Waals surface area contributed by atoms with Crippen molar-refractivity contribution >= 4 is 11.8 Å². The second kappa shape index (κ2) is 13.3. The molecule has 0 saturated heterocycles. The zero-order valence-electron chi connectivity index (χ0n) is 21.5. The van der Waals surface area contributed by atoms with Gasteiger partial charge in [-0.15, -0.1) is 0 Å². The fourth-order valence-corrected chi connectivity index (χ4v) is 4.74. The number of hydrogen-bond donors (Lipinski definition) is 2. The molecule has 1 heterocycles. The summed E-state index contributed by atoms with van der Waals surface area (Å²) >= 11 is 0. The van der Waals surface area contributed by atoms with Gasteiger partial charge in [-0.3, -0.25) is 4.79 Å². The molecule has 0 unspecified atom stereocenters. The van der Waals surface area contributed by atoms with Gasteiger partial charge >= 0.3 is 5.97 Å². The van der Waals surface area contributed by atoms with E-state index >= 15 is 0 Å². The van der Waals surface area contributed by atoms with E-state index in [2.05, 4.69) is 0 Å². The first-order valence-corrected chi connectivity index (χ1v) is 12.9. The van der Waals surface area contributed by atoms with E-state index in [9.17, 15) is 23.5 Å². The van der Waals surface area contributed by atoms with Crippen LogP contribution in [-0.2, 0) is 13.5 Å². The summed E-state index contributed by atoms with van der Waals surface area (Å²) in [5, 5.41) is 18.5. The van der Waals surface area contributed by atoms with Gasteiger partial charge in [0.1, 0.15) is 11.6 Å². The van der Waals surface area contributed by atoms with Crippen LogP contribution in [0.1, 0.15) is 88.9 Å². The Morgan fingerprint density at radius 2 is 1.38 bits per heavy atom. The second-order valence-electron chi connectivity index (χ2n) is 9.54. The molecule has 5 nitrogen and oxygen atoms in total. The van der Waals surface area contributed by atoms with Crippen LogP contribution in [0, 0.1) is 18.6 Å². The van der Waals surface area contributed by atoms with Crippen LogP contribution in [0.2, 0.25) is 0 Å². The molecule has 0 fully saturated rings. The lowest BCUT2D eigenvalue weighted by Crippen LogP contribution is -2.10. The number of rotatable bonds is 14. The van der Waals surface area contributed by atoms with Crippen molar-refractivity contribution in [3.63, 3.8) is 0 Å². The topological polar surface area (TPSA) is 79.5 Å². The highest BCUT2D eigenvalue weighted by Crippen LogP contribution is 2.36. The Morgan fingerprint density at radius 1 is 0.811 bits per heavy atom. The van der Waals surface area contributed by atoms with Crippen molar-refractivity contribution in [1.82, 2.24) is 4.57 Å². The Balaban J connectivity index is 1.74. The van der Waals surface area contributed by atoms with Crippen LogP contribution in [0.3, 0.4) is 0 Å². The number of carboxylic acid groups (broad SMARTS) is 1. The lowest BCUT2D eigenvalue weighted by Gasteiger charge is -2.12. The lowest BCUT2D eigenvalue weighted by molar-refractivity contribution is 0.0697. The number of ketones is 1. The van der Waals surface area contributed by atoms with Crippen LogP contribution < -0.4 is 0 Å². The predicted molar refractivity (Wildman–Crippen MR) is 140 cm³/mol. The van der Waals surface area contributed by atoms with Crippen LogP contribution in [0.25, 0.3) is 11.1 Å². The molecule has 2 N–H and O–H groups in total. The van der Waals surface area contributed by atoms with Crippen molar-refractivity contribution in [3.8, 4) is 11.1 Å². The van der Waals surface area contributed by atoms with Gasteiger partial charge < -0.3 is 14.8 Å². The molecule has 2 aromatic carbocycles. The molecule has 7 heteroatoms. The number of halogens is 2. The summed E-state index contributed by atoms with van der Waals surface area (Å²) < 4.78 is 30.5. The fraction of sp³-hybridized carbons (Fsp3) is 0.400. The number of carboxylic acids is 1. The third-order valence-corrected chi connectivity index (χ3v) is 6.81. The van der Waals surface area contributed by atoms with Crippen molar-refractivity contribution in [1.29, 1.82) is 0 Å². The predicted octanol–water partition coefficient (Wildman–Crippen LogP) is 6.86. The number of carbonyl (C=O) groups is 2. The third-order valence-electron chi connectivity index (χ3n) is 6.81. The van der Waals surface area contributed by atoms with Gasteiger partial charge in [0.25, 0.3) is 0 Å². The first kappa shape index (κ1) is 28.3. The normalized spacial score (nSPS) is 11.2. The number of hydrogen-bond acceptors (Lipinski definition) is 3. The Kier molecular flexibility index (Phi) is 10.1. The average Bonchev–Trinajstić information content (AvgIpc) is 3.22. The van der Waals surface area contributed by atoms with Crippen molar-refractivity contribution in [3.05, 3.63) is 82.2 Å². The lowest BCUT2D eigenvalue weighted by atomic mass is 9.93. The van der Waals surface area contributed by atoms with E-state index in [0.29, 0.717) is 5.56 Å². The number of aryl methyl sites for hydroxylation is 2. The minimum Gasteiger partial charge on any atom is -0.478 e. The molecular formula is C30H35F2NO4. The van der Waals surface area contributed by atoms with Crippen molar-refractivity contribution < 1.29 is 28.6 Å². The van der Waals surface area contributed by atoms with Crippen molar-refractivity contribution in [2.24, 2.45) is 7.05 Å². The summed E-state index contributed by atoms with van der Waals surface area (Å²) in [4.78, 5) is 25.4. The molecule has 0 spiro atoms. The molecule has 0 amide bonds. The summed E-state index contributed by atoms with van der Waals surface area (Å²) in [6.07, 6.45) is 11.0. The highest BCUT2D eigenvalue weighted by Gasteiger charge is 2.29. The van der Waals surface area contributed by atoms with E-state index in [1.165, 1.54) is 44.0 Å². The van der Waals surface area contributed by atoms with E-state index in [-0.39, 0.29) is 34.6 Å². The summed E-state index contributed by atoms with van der Waals surface area (Å²) in [5.74, 6) is -3.25. The minimum atomic E-state index is -1.33. The van der Waals surface area contributed by atoms with Gasteiger partial charge in [-0.1, -0.05) is 62.8 Å². The Hall–Kier alpha value is -3.32. The number of aliphatic hydroxyl groups is 1. The van der Waals surface area contributed by atoms with Gasteiger partial charge in [-0.25, -0.2) is 13.6 Å². The van der Waals surface area contributed by atoms with Crippen LogP contribution in [0.15, 0.2) is 42.6 Å². The van der Waals surface area contributed by atoms with Gasteiger partial charge in [0.05, 0.1) is 11.3 Å². The minimum absolute atomic E-state index is 0.00302. The number of benzene rings is 2. The van der Waals surface area contributed by atoms with Crippen molar-refractivity contribution in [2.45, 2.75) is 64.7 Å². The zero-order chi connectivity index (χ0) is 26.9. The molecule has 3 rings (SSSR count). The summed E-state index contributed by atoms with van der Waals surface area (Å²) in [7, 11) is 1.52. The molecule has 37 heavy (non-hydrogen) atoms. The van der Waals surface area contributed by atoms with Crippen LogP contribution in [0.5, 0.6) is 0 Å². The molecule has 0 bridgehead atoms. The third kappa shape index (κ3) is 6.92. The SMILES string of the molecule is Cc1c(F)ccc(F)c1-c1c(C(=O)O)cn(C)c1C(=O)c1ccc(CCCCCCCCCCO)cc1. The smallest absolute Gasteiger partial charge is 0.337 e. The molecule has 0 radical (unpaired) electrons. The molecule has 0 aliphatic carbocycles. The molecule has 0 aliphatic rings. The quantitative estimate of drug-likeness (QED) is 0.183. The monoisotopic (exact) mass is 511 g/mol. The van der Waals surface area contributed by atoms with Crippen LogP contribution in [0.4, 0.5) is 8.78 Å². The van der Waals surface area contributed by atoms with E-state index < -0.39 is 23.4 Å². The Labute approximate surface area is 216 Å². The standard InChI is InChI=1S/C30H35F2NO4/c1-20-24(31)16-17-25(32)26(20)27-23(30(36)37)19-33(2)28(27)29(35)22-14-12-21(13-15-22)11-9-7-5-3-4-6-8-10-18-34/h12-17,19,34H,3-11,18H2,1-2H3,(H,36,37). The van der Waals surface area contributed by atoms with E-state index in [4.69, 9.17) is 5.11 Å². The number of carbonyl (C=O) groups excluding carboxylic acids is 1. The van der Waals surface area contributed by atoms with Gasteiger partial charge in [-0.05, 0) is 49.4 Å². The summed E-state index contributed by atoms with van der Waals surface area (Å²) in [6.45, 7) is 1.64. The maximum absolute atomic E-state index is 14.8. The number of aromatic carboxylic acids is 1. The first-order chi connectivity index (χ1) is 17.8. The number of unbranched alkanes of at least 4 members (excludes halogenated alkanes) is 7. The number of aliphatic hydroxyl groups excluding tert-OH is 1. The molecule has 3 aromatic rings. The molecular weight excluding hydrogens is 476 g/mol. The highest BCUT2D eigenvalue weighted by atomic mass is 19.1. The van der Waals surface area contributed by atoms with Crippen molar-refractivity contribution in [2.75, 3.05) is 6.61 Å². The van der Waals surface area contributed by atoms with Crippen LogP contribution in [-0.4, -0.2) is 33.1 Å². The Bertz CT molecular complexity index is 1230. The average molecular weight is 512 g/mol. The highest BCUT2D eigenvalue weighted by molar-refractivity contribution is 6.15. The summed E-state index contributed by atoms with van der Waals surface area (Å²) in [6, 6.07) is 9.09. The Morgan fingerprint density at radius 3 is 1.97 bits per heavy atom. The van der Waals surface area contributed by atoms with E-state index in [1.807, 2.05) is 12.1 Å². The molecule has 0 atom stereocenters. The van der Waals surface area contributed by atoms with E-state index in [0.717, 1.165) is 56.2 Å². The molecule has 0 saturated carbocycles. The number of nitrogens with zero attached hydrogens (tertiary/aromatic N) is 1. The maximum atomic E-state index is 14.8. The van der Waals surface area contributed by atoms with E-state index in [1.54, 1.807) is 12.1 Å². The van der Waals surface area contributed by atoms with Crippen LogP contribution >= 0.6 is 0 Å². The maximum Gasteiger partial charge on any atom is 0.337 e. The van der Waals surface area contributed by atoms with Gasteiger partial charge in [-0.2, -0.15) is 0 Å². The van der Waals surface area contributed by atoms with Gasteiger partial charge in [0, 0.05) is 36.5 Å². The zero-order valence-corrected chi connectivity index (χ0v) is 21.5. The second-order valence-corrected chi connectivity index (χ2v) is 9.54. The molecule has 198 valence electrons. The molecule has 1 aromatic heterocycles. The molecule has 0 aliphatic heterocycles.